The quantitative estimate of drug-likeness (QED) is 0.441. The molecule has 1 aliphatic rings. The molecule has 5 rings (SSSR count). The Morgan fingerprint density at radius 3 is 2.66 bits per heavy atom. The summed E-state index contributed by atoms with van der Waals surface area (Å²) in [6, 6.07) is 15.5. The fraction of sp³-hybridized carbons (Fsp3) is 0.240. The van der Waals surface area contributed by atoms with Gasteiger partial charge in [-0.05, 0) is 18.2 Å². The van der Waals surface area contributed by atoms with E-state index in [1.807, 2.05) is 30.3 Å². The van der Waals surface area contributed by atoms with Crippen molar-refractivity contribution in [1.82, 2.24) is 24.6 Å². The number of benzene rings is 2. The van der Waals surface area contributed by atoms with E-state index in [1.165, 1.54) is 23.2 Å². The van der Waals surface area contributed by atoms with Gasteiger partial charge in [0, 0.05) is 30.8 Å². The number of hydrogen-bond donors (Lipinski definition) is 1. The third kappa shape index (κ3) is 4.54. The summed E-state index contributed by atoms with van der Waals surface area (Å²) in [6.07, 6.45) is 2.96. The van der Waals surface area contributed by atoms with E-state index in [1.54, 1.807) is 27.8 Å². The van der Waals surface area contributed by atoms with Crippen LogP contribution in [-0.4, -0.2) is 44.2 Å². The van der Waals surface area contributed by atoms with Crippen molar-refractivity contribution in [2.45, 2.75) is 19.5 Å². The third-order valence-corrected chi connectivity index (χ3v) is 6.11. The summed E-state index contributed by atoms with van der Waals surface area (Å²) in [6.45, 7) is 0.978. The number of amides is 2. The van der Waals surface area contributed by atoms with E-state index >= 15 is 0 Å². The van der Waals surface area contributed by atoms with Gasteiger partial charge in [0.15, 0.2) is 5.65 Å². The van der Waals surface area contributed by atoms with Gasteiger partial charge in [0.1, 0.15) is 17.5 Å². The van der Waals surface area contributed by atoms with Gasteiger partial charge in [-0.1, -0.05) is 36.4 Å². The monoisotopic (exact) mass is 474 g/mol. The predicted octanol–water partition coefficient (Wildman–Crippen LogP) is 1.95. The van der Waals surface area contributed by atoms with Crippen molar-refractivity contribution in [2.24, 2.45) is 5.92 Å². The predicted molar refractivity (Wildman–Crippen MR) is 127 cm³/mol. The van der Waals surface area contributed by atoms with Gasteiger partial charge < -0.3 is 10.2 Å². The van der Waals surface area contributed by atoms with E-state index in [9.17, 15) is 18.8 Å². The molecule has 0 bridgehead atoms. The van der Waals surface area contributed by atoms with E-state index in [4.69, 9.17) is 0 Å². The number of anilines is 1. The highest BCUT2D eigenvalue weighted by atomic mass is 19.1. The molecule has 2 amide bonds. The van der Waals surface area contributed by atoms with Crippen molar-refractivity contribution < 1.29 is 14.0 Å². The van der Waals surface area contributed by atoms with E-state index in [0.29, 0.717) is 29.7 Å². The van der Waals surface area contributed by atoms with E-state index in [2.05, 4.69) is 15.4 Å². The Morgan fingerprint density at radius 2 is 1.86 bits per heavy atom. The highest BCUT2D eigenvalue weighted by molar-refractivity contribution is 6.00. The Bertz CT molecular complexity index is 1450. The number of fused-ring (bicyclic) bond motifs is 1. The molecule has 0 spiro atoms. The van der Waals surface area contributed by atoms with Crippen molar-refractivity contribution in [3.05, 3.63) is 88.9 Å². The summed E-state index contributed by atoms with van der Waals surface area (Å²) in [4.78, 5) is 43.8. The second-order valence-corrected chi connectivity index (χ2v) is 8.41. The first-order valence-electron chi connectivity index (χ1n) is 11.3. The van der Waals surface area contributed by atoms with Crippen LogP contribution in [0, 0.1) is 11.7 Å². The smallest absolute Gasteiger partial charge is 0.264 e. The van der Waals surface area contributed by atoms with Gasteiger partial charge in [-0.15, -0.1) is 0 Å². The van der Waals surface area contributed by atoms with Gasteiger partial charge in [0.2, 0.25) is 11.8 Å². The number of carbonyl (C=O) groups excluding carboxylic acids is 2. The van der Waals surface area contributed by atoms with Gasteiger partial charge in [0.25, 0.3) is 5.56 Å². The minimum atomic E-state index is -0.430. The summed E-state index contributed by atoms with van der Waals surface area (Å²) < 4.78 is 16.8. The lowest BCUT2D eigenvalue weighted by Crippen LogP contribution is -2.35. The Hall–Kier alpha value is -4.34. The average Bonchev–Trinajstić information content (AvgIpc) is 3.47. The van der Waals surface area contributed by atoms with Crippen LogP contribution in [0.15, 0.2) is 71.9 Å². The molecule has 2 aromatic heterocycles. The average molecular weight is 474 g/mol. The van der Waals surface area contributed by atoms with Gasteiger partial charge in [-0.3, -0.25) is 19.0 Å². The van der Waals surface area contributed by atoms with Crippen LogP contribution in [0.1, 0.15) is 12.0 Å². The van der Waals surface area contributed by atoms with E-state index in [0.717, 1.165) is 5.69 Å². The molecule has 0 saturated carbocycles. The van der Waals surface area contributed by atoms with Crippen LogP contribution in [0.25, 0.3) is 11.0 Å². The summed E-state index contributed by atoms with van der Waals surface area (Å²) in [5, 5.41) is 7.40. The minimum Gasteiger partial charge on any atom is -0.354 e. The lowest BCUT2D eigenvalue weighted by atomic mass is 10.1. The second-order valence-electron chi connectivity index (χ2n) is 8.41. The number of carbonyl (C=O) groups is 2. The highest BCUT2D eigenvalue weighted by Crippen LogP contribution is 2.24. The number of rotatable bonds is 7. The number of hydrogen-bond acceptors (Lipinski definition) is 5. The molecule has 4 aromatic rings. The van der Waals surface area contributed by atoms with Gasteiger partial charge >= 0.3 is 0 Å². The maximum Gasteiger partial charge on any atom is 0.264 e. The molecule has 9 nitrogen and oxygen atoms in total. The second kappa shape index (κ2) is 9.49. The molecule has 1 saturated heterocycles. The van der Waals surface area contributed by atoms with Crippen molar-refractivity contribution in [2.75, 3.05) is 18.0 Å². The molecule has 1 unspecified atom stereocenters. The van der Waals surface area contributed by atoms with Crippen molar-refractivity contribution in [3.8, 4) is 0 Å². The van der Waals surface area contributed by atoms with Crippen molar-refractivity contribution in [1.29, 1.82) is 0 Å². The SMILES string of the molecule is O=C(NCCn1ncc2c(=O)n(Cc3ccccc3F)cnc21)C1CC(=O)N(c2ccccc2)C1. The Kier molecular flexibility index (Phi) is 6.09. The normalized spacial score (nSPS) is 15.6. The number of halogens is 1. The zero-order valence-corrected chi connectivity index (χ0v) is 18.8. The van der Waals surface area contributed by atoms with Crippen LogP contribution in [0.3, 0.4) is 0 Å². The van der Waals surface area contributed by atoms with Crippen molar-refractivity contribution >= 4 is 28.5 Å². The fourth-order valence-electron chi connectivity index (χ4n) is 4.25. The summed E-state index contributed by atoms with van der Waals surface area (Å²) in [5.41, 5.74) is 1.24. The molecule has 1 fully saturated rings. The third-order valence-electron chi connectivity index (χ3n) is 6.11. The number of aromatic nitrogens is 4. The van der Waals surface area contributed by atoms with E-state index < -0.39 is 5.92 Å². The van der Waals surface area contributed by atoms with Crippen LogP contribution < -0.4 is 15.8 Å². The lowest BCUT2D eigenvalue weighted by molar-refractivity contribution is -0.126. The Morgan fingerprint density at radius 1 is 1.09 bits per heavy atom. The standard InChI is InChI=1S/C25H23FN6O3/c26-21-9-5-4-6-17(21)14-30-16-28-23-20(25(30)35)13-29-32(23)11-10-27-24(34)18-12-22(33)31(15-18)19-7-2-1-3-8-19/h1-9,13,16,18H,10-12,14-15H2,(H,27,34). The summed E-state index contributed by atoms with van der Waals surface area (Å²) >= 11 is 0. The Balaban J connectivity index is 1.21. The zero-order chi connectivity index (χ0) is 24.4. The summed E-state index contributed by atoms with van der Waals surface area (Å²) in [7, 11) is 0. The topological polar surface area (TPSA) is 102 Å². The molecule has 3 heterocycles. The first-order valence-corrected chi connectivity index (χ1v) is 11.3. The first kappa shape index (κ1) is 22.5. The van der Waals surface area contributed by atoms with E-state index in [-0.39, 0.29) is 42.7 Å². The van der Waals surface area contributed by atoms with Crippen LogP contribution in [-0.2, 0) is 22.7 Å². The molecule has 1 atom stereocenters. The van der Waals surface area contributed by atoms with Crippen LogP contribution in [0.2, 0.25) is 0 Å². The fourth-order valence-corrected chi connectivity index (χ4v) is 4.25. The van der Waals surface area contributed by atoms with Gasteiger partial charge in [-0.25, -0.2) is 14.1 Å². The Labute approximate surface area is 199 Å². The molecule has 0 aliphatic carbocycles. The van der Waals surface area contributed by atoms with Crippen LogP contribution in [0.4, 0.5) is 10.1 Å². The molecular formula is C25H23FN6O3. The number of para-hydroxylation sites is 1. The van der Waals surface area contributed by atoms with Crippen LogP contribution >= 0.6 is 0 Å². The molecule has 178 valence electrons. The van der Waals surface area contributed by atoms with Crippen molar-refractivity contribution in [3.63, 3.8) is 0 Å². The molecule has 1 aliphatic heterocycles. The zero-order valence-electron chi connectivity index (χ0n) is 18.8. The largest absolute Gasteiger partial charge is 0.354 e. The summed E-state index contributed by atoms with van der Waals surface area (Å²) in [5.74, 6) is -1.10. The molecular weight excluding hydrogens is 451 g/mol. The molecule has 2 aromatic carbocycles. The molecule has 35 heavy (non-hydrogen) atoms. The number of nitrogens with zero attached hydrogens (tertiary/aromatic N) is 5. The molecule has 0 radical (unpaired) electrons. The van der Waals surface area contributed by atoms with Gasteiger partial charge in [-0.2, -0.15) is 5.10 Å². The highest BCUT2D eigenvalue weighted by Gasteiger charge is 2.34. The minimum absolute atomic E-state index is 0.0653. The van der Waals surface area contributed by atoms with Gasteiger partial charge in [0.05, 0.1) is 25.2 Å². The first-order chi connectivity index (χ1) is 17.0. The maximum absolute atomic E-state index is 14.0. The molecule has 10 heteroatoms. The van der Waals surface area contributed by atoms with Crippen LogP contribution in [0.5, 0.6) is 0 Å². The lowest BCUT2D eigenvalue weighted by Gasteiger charge is -2.16. The number of nitrogens with one attached hydrogen (secondary N) is 1. The maximum atomic E-state index is 14.0. The molecule has 1 N–H and O–H groups in total.